The van der Waals surface area contributed by atoms with Crippen molar-refractivity contribution < 1.29 is 43.3 Å². The molecule has 1 heterocycles. The Kier molecular flexibility index (Phi) is 7.98. The third kappa shape index (κ3) is 5.79. The minimum atomic E-state index is -0.911. The van der Waals surface area contributed by atoms with E-state index in [1.54, 1.807) is 12.1 Å². The molecule has 0 radical (unpaired) electrons. The van der Waals surface area contributed by atoms with E-state index < -0.39 is 12.1 Å². The average molecular weight is 387 g/mol. The van der Waals surface area contributed by atoms with Crippen LogP contribution in [0.2, 0.25) is 0 Å². The number of nitrogens with one attached hydrogen (secondary N) is 1. The van der Waals surface area contributed by atoms with Crippen molar-refractivity contribution in [1.29, 1.82) is 0 Å². The fourth-order valence-electron chi connectivity index (χ4n) is 2.23. The molecule has 0 bridgehead atoms. The second-order valence-corrected chi connectivity index (χ2v) is 5.84. The zero-order valence-corrected chi connectivity index (χ0v) is 17.4. The summed E-state index contributed by atoms with van der Waals surface area (Å²) >= 11 is 0. The van der Waals surface area contributed by atoms with Gasteiger partial charge in [0.05, 0.1) is 11.8 Å². The Morgan fingerprint density at radius 3 is 3.00 bits per heavy atom. The van der Waals surface area contributed by atoms with E-state index in [1.165, 1.54) is 12.2 Å². The molecule has 1 aromatic carbocycles. The maximum absolute atomic E-state index is 13.1. The smallest absolute Gasteiger partial charge is 0.822 e. The molecule has 0 unspecified atom stereocenters. The Labute approximate surface area is 183 Å². The number of allylic oxidation sites excluding steroid dienone is 2. The van der Waals surface area contributed by atoms with Gasteiger partial charge in [-0.3, -0.25) is 12.4 Å². The van der Waals surface area contributed by atoms with E-state index in [4.69, 9.17) is 9.93 Å². The summed E-state index contributed by atoms with van der Waals surface area (Å²) in [5.41, 5.74) is 2.03. The van der Waals surface area contributed by atoms with Crippen LogP contribution in [0.25, 0.3) is 16.8 Å². The monoisotopic (exact) mass is 387 g/mol. The Balaban J connectivity index is 0.00000280. The molecule has 0 saturated heterocycles. The van der Waals surface area contributed by atoms with E-state index in [-0.39, 0.29) is 35.5 Å². The number of carbonyl (C=O) groups excluding carboxylic acids is 1. The summed E-state index contributed by atoms with van der Waals surface area (Å²) in [6.07, 6.45) is 9.08. The number of hydrogen-bond acceptors (Lipinski definition) is 5. The largest absolute Gasteiger partial charge is 1.00 e. The molecule has 1 aliphatic carbocycles. The quantitative estimate of drug-likeness (QED) is 0.319. The van der Waals surface area contributed by atoms with Crippen LogP contribution >= 0.6 is 0 Å². The van der Waals surface area contributed by atoms with Gasteiger partial charge in [0.2, 0.25) is 11.7 Å². The summed E-state index contributed by atoms with van der Waals surface area (Å²) < 4.78 is 18.2. The molecule has 0 spiro atoms. The predicted molar refractivity (Wildman–Crippen MR) is 99.2 cm³/mol. The Morgan fingerprint density at radius 1 is 1.50 bits per heavy atom. The number of aryl methyl sites for hydroxylation is 1. The number of benzene rings is 1. The van der Waals surface area contributed by atoms with Gasteiger partial charge < -0.3 is 31.1 Å². The van der Waals surface area contributed by atoms with Crippen molar-refractivity contribution in [2.24, 2.45) is 4.99 Å². The van der Waals surface area contributed by atoms with Crippen LogP contribution in [-0.4, -0.2) is 34.6 Å². The van der Waals surface area contributed by atoms with Crippen LogP contribution in [0.5, 0.6) is 0 Å². The van der Waals surface area contributed by atoms with Crippen LogP contribution in [0, 0.1) is 13.0 Å². The SMILES string of the molecule is Cc1ccc(-c2noc([C@H]3C[C@@H]3F)n2)cc1NC(=O)[C-]=CN=[C-]/C=C\C=[N-].[Na+]. The van der Waals surface area contributed by atoms with E-state index >= 15 is 0 Å². The van der Waals surface area contributed by atoms with Gasteiger partial charge in [-0.2, -0.15) is 17.1 Å². The fraction of sp³-hybridized carbons (Fsp3) is 0.211. The van der Waals surface area contributed by atoms with Gasteiger partial charge in [-0.05, 0) is 25.0 Å². The first kappa shape index (κ1) is 21.9. The normalized spacial score (nSPS) is 18.5. The number of aliphatic imine (C=N–C) groups is 1. The molecule has 138 valence electrons. The number of carbonyl (C=O) groups is 1. The van der Waals surface area contributed by atoms with Crippen molar-refractivity contribution in [2.45, 2.75) is 25.4 Å². The van der Waals surface area contributed by atoms with Crippen molar-refractivity contribution >= 4 is 24.0 Å². The van der Waals surface area contributed by atoms with Gasteiger partial charge in [0, 0.05) is 11.3 Å². The summed E-state index contributed by atoms with van der Waals surface area (Å²) in [4.78, 5) is 19.8. The standard InChI is InChI=1S/C19H15FN5O2.Na/c1-12-4-5-13(18-24-19(27-25-18)14-11-15(14)20)10-16(12)23-17(26)6-9-22-8-3-2-7-21;/h2-5,7,9-10,14-15H,11H2,1H3,(H,23,26);/q-3;+1/b3-2-;/t14-,15-;/m0./s1. The number of nitrogens with zero attached hydrogens (tertiary/aromatic N) is 4. The molecule has 2 atom stereocenters. The Bertz CT molecular complexity index is 938. The molecule has 1 saturated carbocycles. The molecule has 1 aromatic heterocycles. The summed E-state index contributed by atoms with van der Waals surface area (Å²) in [6.45, 7) is 1.84. The van der Waals surface area contributed by atoms with Crippen LogP contribution in [-0.2, 0) is 4.79 Å². The van der Waals surface area contributed by atoms with Crippen LogP contribution < -0.4 is 34.9 Å². The third-order valence-electron chi connectivity index (χ3n) is 3.81. The zero-order chi connectivity index (χ0) is 19.2. The van der Waals surface area contributed by atoms with E-state index in [2.05, 4.69) is 32.7 Å². The molecule has 1 N–H and O–H groups in total. The molecule has 1 amide bonds. The topological polar surface area (TPSA) is 103 Å². The Hall–Kier alpha value is -2.42. The summed E-state index contributed by atoms with van der Waals surface area (Å²) in [7, 11) is 0. The van der Waals surface area contributed by atoms with Gasteiger partial charge in [-0.1, -0.05) is 23.5 Å². The molecule has 0 aliphatic heterocycles. The molecule has 1 aliphatic rings. The van der Waals surface area contributed by atoms with Crippen molar-refractivity contribution in [1.82, 2.24) is 10.1 Å². The molecular weight excluding hydrogens is 372 g/mol. The summed E-state index contributed by atoms with van der Waals surface area (Å²) in [5.74, 6) is -0.170. The van der Waals surface area contributed by atoms with Crippen molar-refractivity contribution in [3.63, 3.8) is 0 Å². The first-order chi connectivity index (χ1) is 13.1. The first-order valence-electron chi connectivity index (χ1n) is 8.14. The van der Waals surface area contributed by atoms with Gasteiger partial charge in [-0.25, -0.2) is 4.39 Å². The molecular formula is C19H15FN5NaO2-2. The number of alkyl halides is 1. The second-order valence-electron chi connectivity index (χ2n) is 5.84. The summed E-state index contributed by atoms with van der Waals surface area (Å²) in [5, 5.41) is 15.0. The molecule has 1 fully saturated rings. The number of halogens is 1. The first-order valence-corrected chi connectivity index (χ1v) is 8.14. The van der Waals surface area contributed by atoms with Crippen LogP contribution in [0.4, 0.5) is 10.1 Å². The van der Waals surface area contributed by atoms with Crippen molar-refractivity contribution in [2.75, 3.05) is 5.32 Å². The minimum Gasteiger partial charge on any atom is -0.822 e. The van der Waals surface area contributed by atoms with E-state index in [0.717, 1.165) is 18.0 Å². The van der Waals surface area contributed by atoms with Gasteiger partial charge in [0.15, 0.2) is 0 Å². The van der Waals surface area contributed by atoms with Gasteiger partial charge in [-0.15, -0.1) is 0 Å². The zero-order valence-electron chi connectivity index (χ0n) is 15.4. The molecule has 3 rings (SSSR count). The summed E-state index contributed by atoms with van der Waals surface area (Å²) in [6, 6.07) is 5.31. The second kappa shape index (κ2) is 10.2. The number of anilines is 1. The number of rotatable bonds is 7. The van der Waals surface area contributed by atoms with Gasteiger partial charge >= 0.3 is 29.6 Å². The van der Waals surface area contributed by atoms with Crippen molar-refractivity contribution in [3.8, 4) is 11.4 Å². The molecule has 28 heavy (non-hydrogen) atoms. The number of aromatic nitrogens is 2. The molecule has 7 nitrogen and oxygen atoms in total. The van der Waals surface area contributed by atoms with Crippen LogP contribution in [0.1, 0.15) is 23.8 Å². The predicted octanol–water partition coefficient (Wildman–Crippen LogP) is 0.274. The van der Waals surface area contributed by atoms with Gasteiger partial charge in [0.25, 0.3) is 0 Å². The van der Waals surface area contributed by atoms with E-state index in [1.807, 2.05) is 13.0 Å². The Morgan fingerprint density at radius 2 is 2.29 bits per heavy atom. The van der Waals surface area contributed by atoms with Crippen LogP contribution in [0.3, 0.4) is 0 Å². The minimum absolute atomic E-state index is 0. The fourth-order valence-corrected chi connectivity index (χ4v) is 2.23. The average Bonchev–Trinajstić information content (AvgIpc) is 3.18. The molecule has 2 aromatic rings. The number of hydrogen-bond donors (Lipinski definition) is 1. The third-order valence-corrected chi connectivity index (χ3v) is 3.81. The van der Waals surface area contributed by atoms with Gasteiger partial charge in [0.1, 0.15) is 6.17 Å². The van der Waals surface area contributed by atoms with E-state index in [9.17, 15) is 9.18 Å². The maximum atomic E-state index is 13.1. The van der Waals surface area contributed by atoms with Crippen molar-refractivity contribution in [3.05, 3.63) is 59.5 Å². The molecule has 9 heteroatoms. The number of amides is 1. The maximum Gasteiger partial charge on any atom is 1.00 e. The van der Waals surface area contributed by atoms with Crippen LogP contribution in [0.15, 0.2) is 46.1 Å². The van der Waals surface area contributed by atoms with E-state index in [0.29, 0.717) is 29.4 Å².